The van der Waals surface area contributed by atoms with Gasteiger partial charge in [0.25, 0.3) is 0 Å². The SMILES string of the molecule is Cc1nc(N2CCc3ccccc32)ccc1C#N. The number of aryl methyl sites for hydroxylation is 1. The molecule has 3 nitrogen and oxygen atoms in total. The van der Waals surface area contributed by atoms with Crippen LogP contribution in [0.3, 0.4) is 0 Å². The molecule has 0 unspecified atom stereocenters. The Morgan fingerprint density at radius 1 is 1.22 bits per heavy atom. The van der Waals surface area contributed by atoms with E-state index in [2.05, 4.69) is 34.2 Å². The topological polar surface area (TPSA) is 39.9 Å². The summed E-state index contributed by atoms with van der Waals surface area (Å²) in [6.45, 7) is 2.84. The van der Waals surface area contributed by atoms with Crippen molar-refractivity contribution in [1.29, 1.82) is 5.26 Å². The molecule has 0 spiro atoms. The first-order valence-corrected chi connectivity index (χ1v) is 6.03. The standard InChI is InChI=1S/C15H13N3/c1-11-13(10-16)6-7-15(17-11)18-9-8-12-4-2-3-5-14(12)18/h2-7H,8-9H2,1H3. The van der Waals surface area contributed by atoms with Gasteiger partial charge in [-0.05, 0) is 37.1 Å². The minimum absolute atomic E-state index is 0.645. The Morgan fingerprint density at radius 2 is 2.06 bits per heavy atom. The lowest BCUT2D eigenvalue weighted by Crippen LogP contribution is -2.15. The van der Waals surface area contributed by atoms with Crippen molar-refractivity contribution in [3.63, 3.8) is 0 Å². The summed E-state index contributed by atoms with van der Waals surface area (Å²) in [6, 6.07) is 14.3. The van der Waals surface area contributed by atoms with E-state index in [0.29, 0.717) is 5.56 Å². The number of nitriles is 1. The molecule has 2 heterocycles. The largest absolute Gasteiger partial charge is 0.326 e. The first-order chi connectivity index (χ1) is 8.79. The molecule has 0 N–H and O–H groups in total. The van der Waals surface area contributed by atoms with Gasteiger partial charge >= 0.3 is 0 Å². The molecule has 3 rings (SSSR count). The van der Waals surface area contributed by atoms with Gasteiger partial charge in [0, 0.05) is 12.2 Å². The second kappa shape index (κ2) is 4.15. The third-order valence-corrected chi connectivity index (χ3v) is 3.36. The molecule has 1 aromatic carbocycles. The van der Waals surface area contributed by atoms with Crippen molar-refractivity contribution in [1.82, 2.24) is 4.98 Å². The Labute approximate surface area is 106 Å². The van der Waals surface area contributed by atoms with Gasteiger partial charge in [0.15, 0.2) is 0 Å². The lowest BCUT2D eigenvalue weighted by molar-refractivity contribution is 0.965. The number of fused-ring (bicyclic) bond motifs is 1. The van der Waals surface area contributed by atoms with Crippen LogP contribution in [-0.4, -0.2) is 11.5 Å². The molecule has 3 heteroatoms. The molecular formula is C15H13N3. The number of pyridine rings is 1. The van der Waals surface area contributed by atoms with Crippen LogP contribution in [0.5, 0.6) is 0 Å². The molecule has 1 aromatic heterocycles. The molecule has 88 valence electrons. The zero-order valence-electron chi connectivity index (χ0n) is 10.2. The third-order valence-electron chi connectivity index (χ3n) is 3.36. The van der Waals surface area contributed by atoms with E-state index < -0.39 is 0 Å². The summed E-state index contributed by atoms with van der Waals surface area (Å²) in [7, 11) is 0. The maximum absolute atomic E-state index is 8.93. The van der Waals surface area contributed by atoms with Gasteiger partial charge < -0.3 is 4.90 Å². The fourth-order valence-electron chi connectivity index (χ4n) is 2.39. The molecule has 0 radical (unpaired) electrons. The summed E-state index contributed by atoms with van der Waals surface area (Å²) in [6.07, 6.45) is 1.05. The van der Waals surface area contributed by atoms with Crippen LogP contribution in [0, 0.1) is 18.3 Å². The van der Waals surface area contributed by atoms with Gasteiger partial charge in [-0.1, -0.05) is 18.2 Å². The number of hydrogen-bond donors (Lipinski definition) is 0. The number of anilines is 2. The molecule has 0 saturated heterocycles. The van der Waals surface area contributed by atoms with Crippen LogP contribution in [0.15, 0.2) is 36.4 Å². The maximum Gasteiger partial charge on any atom is 0.133 e. The van der Waals surface area contributed by atoms with Crippen LogP contribution in [0.25, 0.3) is 0 Å². The lowest BCUT2D eigenvalue weighted by atomic mass is 10.2. The van der Waals surface area contributed by atoms with E-state index in [0.717, 1.165) is 24.5 Å². The third kappa shape index (κ3) is 1.63. The van der Waals surface area contributed by atoms with Crippen LogP contribution in [0.2, 0.25) is 0 Å². The van der Waals surface area contributed by atoms with Gasteiger partial charge in [0.1, 0.15) is 11.9 Å². The normalized spacial score (nSPS) is 13.2. The quantitative estimate of drug-likeness (QED) is 0.763. The summed E-state index contributed by atoms with van der Waals surface area (Å²) >= 11 is 0. The number of benzene rings is 1. The Kier molecular flexibility index (Phi) is 2.49. The van der Waals surface area contributed by atoms with Gasteiger partial charge in [-0.2, -0.15) is 5.26 Å². The van der Waals surface area contributed by atoms with Crippen molar-refractivity contribution in [2.24, 2.45) is 0 Å². The zero-order chi connectivity index (χ0) is 12.5. The molecular weight excluding hydrogens is 222 g/mol. The number of para-hydroxylation sites is 1. The minimum Gasteiger partial charge on any atom is -0.326 e. The van der Waals surface area contributed by atoms with Crippen LogP contribution in [0.4, 0.5) is 11.5 Å². The molecule has 0 bridgehead atoms. The second-order valence-corrected chi connectivity index (χ2v) is 4.44. The summed E-state index contributed by atoms with van der Waals surface area (Å²) in [5, 5.41) is 8.93. The fourth-order valence-corrected chi connectivity index (χ4v) is 2.39. The molecule has 0 fully saturated rings. The number of rotatable bonds is 1. The highest BCUT2D eigenvalue weighted by Crippen LogP contribution is 2.33. The molecule has 18 heavy (non-hydrogen) atoms. The van der Waals surface area contributed by atoms with Crippen molar-refractivity contribution in [3.8, 4) is 6.07 Å². The number of nitrogens with zero attached hydrogens (tertiary/aromatic N) is 3. The monoisotopic (exact) mass is 235 g/mol. The van der Waals surface area contributed by atoms with Gasteiger partial charge in [0.05, 0.1) is 11.3 Å². The molecule has 0 aliphatic carbocycles. The van der Waals surface area contributed by atoms with E-state index in [1.807, 2.05) is 25.1 Å². The molecule has 1 aliphatic heterocycles. The first kappa shape index (κ1) is 10.8. The van der Waals surface area contributed by atoms with Gasteiger partial charge in [-0.25, -0.2) is 4.98 Å². The summed E-state index contributed by atoms with van der Waals surface area (Å²) < 4.78 is 0. The summed E-state index contributed by atoms with van der Waals surface area (Å²) in [5.41, 5.74) is 4.03. The number of hydrogen-bond acceptors (Lipinski definition) is 3. The van der Waals surface area contributed by atoms with E-state index in [1.54, 1.807) is 0 Å². The Bertz CT molecular complexity index is 640. The number of aromatic nitrogens is 1. The zero-order valence-corrected chi connectivity index (χ0v) is 10.2. The highest BCUT2D eigenvalue weighted by atomic mass is 15.2. The predicted molar refractivity (Wildman–Crippen MR) is 70.8 cm³/mol. The van der Waals surface area contributed by atoms with Crippen LogP contribution in [-0.2, 0) is 6.42 Å². The van der Waals surface area contributed by atoms with Crippen LogP contribution < -0.4 is 4.90 Å². The fraction of sp³-hybridized carbons (Fsp3) is 0.200. The smallest absolute Gasteiger partial charge is 0.133 e. The highest BCUT2D eigenvalue weighted by molar-refractivity contribution is 5.67. The summed E-state index contributed by atoms with van der Waals surface area (Å²) in [4.78, 5) is 6.74. The van der Waals surface area contributed by atoms with Crippen molar-refractivity contribution in [2.75, 3.05) is 11.4 Å². The Morgan fingerprint density at radius 3 is 2.83 bits per heavy atom. The Balaban J connectivity index is 2.03. The van der Waals surface area contributed by atoms with Crippen molar-refractivity contribution in [2.45, 2.75) is 13.3 Å². The second-order valence-electron chi connectivity index (χ2n) is 4.44. The lowest BCUT2D eigenvalue weighted by Gasteiger charge is -2.18. The maximum atomic E-state index is 8.93. The van der Waals surface area contributed by atoms with Gasteiger partial charge in [0.2, 0.25) is 0 Å². The van der Waals surface area contributed by atoms with E-state index in [4.69, 9.17) is 5.26 Å². The van der Waals surface area contributed by atoms with Crippen molar-refractivity contribution < 1.29 is 0 Å². The van der Waals surface area contributed by atoms with Crippen molar-refractivity contribution in [3.05, 3.63) is 53.2 Å². The minimum atomic E-state index is 0.645. The predicted octanol–water partition coefficient (Wildman–Crippen LogP) is 2.96. The summed E-state index contributed by atoms with van der Waals surface area (Å²) in [5.74, 6) is 0.927. The van der Waals surface area contributed by atoms with Crippen LogP contribution >= 0.6 is 0 Å². The average molecular weight is 235 g/mol. The highest BCUT2D eigenvalue weighted by Gasteiger charge is 2.20. The van der Waals surface area contributed by atoms with E-state index in [-0.39, 0.29) is 0 Å². The molecule has 0 atom stereocenters. The molecule has 0 amide bonds. The van der Waals surface area contributed by atoms with Gasteiger partial charge in [-0.15, -0.1) is 0 Å². The Hall–Kier alpha value is -2.34. The molecule has 1 aliphatic rings. The van der Waals surface area contributed by atoms with E-state index in [9.17, 15) is 0 Å². The van der Waals surface area contributed by atoms with E-state index in [1.165, 1.54) is 11.3 Å². The molecule has 2 aromatic rings. The van der Waals surface area contributed by atoms with Crippen LogP contribution in [0.1, 0.15) is 16.8 Å². The van der Waals surface area contributed by atoms with Crippen molar-refractivity contribution >= 4 is 11.5 Å². The van der Waals surface area contributed by atoms with E-state index >= 15 is 0 Å². The molecule has 0 saturated carbocycles. The average Bonchev–Trinajstić information content (AvgIpc) is 2.82. The van der Waals surface area contributed by atoms with Gasteiger partial charge in [-0.3, -0.25) is 0 Å². The first-order valence-electron chi connectivity index (χ1n) is 6.03.